The number of benzene rings is 1. The monoisotopic (exact) mass is 345 g/mol. The summed E-state index contributed by atoms with van der Waals surface area (Å²) >= 11 is 4.82. The summed E-state index contributed by atoms with van der Waals surface area (Å²) < 4.78 is 5.96. The van der Waals surface area contributed by atoms with E-state index < -0.39 is 18.0 Å². The van der Waals surface area contributed by atoms with E-state index in [-0.39, 0.29) is 5.25 Å². The number of halogens is 1. The van der Waals surface area contributed by atoms with Crippen LogP contribution in [0, 0.1) is 0 Å². The molecule has 1 aromatic rings. The predicted molar refractivity (Wildman–Crippen MR) is 79.6 cm³/mol. The van der Waals surface area contributed by atoms with Crippen LogP contribution >= 0.6 is 27.7 Å². The highest BCUT2D eigenvalue weighted by atomic mass is 79.9. The fourth-order valence-electron chi connectivity index (χ4n) is 1.20. The molecule has 1 rings (SSSR count). The van der Waals surface area contributed by atoms with Gasteiger partial charge in [0, 0.05) is 10.2 Å². The minimum absolute atomic E-state index is 0.342. The number of carbonyl (C=O) groups excluding carboxylic acids is 2. The molecule has 0 aliphatic carbocycles. The standard InChI is InChI=1S/C13H16BrNO3S/c1-8(12(15)16)18-13(17)9(2)19-7-10-3-5-11(14)6-4-10/h3-6,8-9H,7H2,1-2H3,(H2,15,16)/t8-,9+/m0/s1. The van der Waals surface area contributed by atoms with E-state index in [1.54, 1.807) is 6.92 Å². The van der Waals surface area contributed by atoms with Crippen molar-refractivity contribution in [2.24, 2.45) is 5.73 Å². The summed E-state index contributed by atoms with van der Waals surface area (Å²) in [6.07, 6.45) is -0.886. The summed E-state index contributed by atoms with van der Waals surface area (Å²) in [4.78, 5) is 22.5. The van der Waals surface area contributed by atoms with Crippen LogP contribution in [-0.2, 0) is 20.1 Å². The lowest BCUT2D eigenvalue weighted by Gasteiger charge is -2.14. The van der Waals surface area contributed by atoms with Gasteiger partial charge in [0.15, 0.2) is 6.10 Å². The van der Waals surface area contributed by atoms with Gasteiger partial charge in [-0.15, -0.1) is 11.8 Å². The molecule has 0 radical (unpaired) electrons. The number of hydrogen-bond donors (Lipinski definition) is 1. The fourth-order valence-corrected chi connectivity index (χ4v) is 2.29. The molecule has 1 amide bonds. The van der Waals surface area contributed by atoms with E-state index in [1.165, 1.54) is 18.7 Å². The third kappa shape index (κ3) is 5.65. The SMILES string of the molecule is C[C@H](OC(=O)[C@@H](C)SCc1ccc(Br)cc1)C(N)=O. The lowest BCUT2D eigenvalue weighted by Crippen LogP contribution is -2.33. The van der Waals surface area contributed by atoms with E-state index in [0.717, 1.165) is 10.0 Å². The van der Waals surface area contributed by atoms with Gasteiger partial charge in [-0.3, -0.25) is 9.59 Å². The van der Waals surface area contributed by atoms with Crippen molar-refractivity contribution in [3.05, 3.63) is 34.3 Å². The molecule has 0 aliphatic rings. The summed E-state index contributed by atoms with van der Waals surface area (Å²) in [6, 6.07) is 7.88. The number of primary amides is 1. The molecular formula is C13H16BrNO3S. The molecular weight excluding hydrogens is 330 g/mol. The number of carbonyl (C=O) groups is 2. The quantitative estimate of drug-likeness (QED) is 0.804. The highest BCUT2D eigenvalue weighted by molar-refractivity contribution is 9.10. The Morgan fingerprint density at radius 3 is 2.42 bits per heavy atom. The summed E-state index contributed by atoms with van der Waals surface area (Å²) in [6.45, 7) is 3.21. The van der Waals surface area contributed by atoms with Gasteiger partial charge in [0.05, 0.1) is 5.25 Å². The van der Waals surface area contributed by atoms with E-state index >= 15 is 0 Å². The van der Waals surface area contributed by atoms with Gasteiger partial charge in [-0.25, -0.2) is 0 Å². The van der Waals surface area contributed by atoms with Gasteiger partial charge in [0.1, 0.15) is 0 Å². The summed E-state index contributed by atoms with van der Waals surface area (Å²) in [5.74, 6) is -0.360. The molecule has 0 unspecified atom stereocenters. The van der Waals surface area contributed by atoms with Gasteiger partial charge < -0.3 is 10.5 Å². The molecule has 0 heterocycles. The summed E-state index contributed by atoms with van der Waals surface area (Å²) in [7, 11) is 0. The first-order chi connectivity index (χ1) is 8.90. The topological polar surface area (TPSA) is 69.4 Å². The Bertz CT molecular complexity index is 450. The minimum atomic E-state index is -0.886. The van der Waals surface area contributed by atoms with Crippen LogP contribution in [0.2, 0.25) is 0 Å². The van der Waals surface area contributed by atoms with Crippen molar-refractivity contribution in [3.8, 4) is 0 Å². The average Bonchev–Trinajstić information content (AvgIpc) is 2.37. The molecule has 4 nitrogen and oxygen atoms in total. The maximum atomic E-state index is 11.7. The Kier molecular flexibility index (Phi) is 6.37. The Hall–Kier alpha value is -1.01. The van der Waals surface area contributed by atoms with E-state index in [1.807, 2.05) is 24.3 Å². The molecule has 0 fully saturated rings. The van der Waals surface area contributed by atoms with Gasteiger partial charge in [-0.1, -0.05) is 28.1 Å². The molecule has 0 spiro atoms. The van der Waals surface area contributed by atoms with Crippen LogP contribution < -0.4 is 5.73 Å². The maximum Gasteiger partial charge on any atom is 0.319 e. The molecule has 19 heavy (non-hydrogen) atoms. The fraction of sp³-hybridized carbons (Fsp3) is 0.385. The second-order valence-electron chi connectivity index (χ2n) is 4.06. The zero-order valence-corrected chi connectivity index (χ0v) is 13.2. The average molecular weight is 346 g/mol. The van der Waals surface area contributed by atoms with Crippen molar-refractivity contribution in [1.29, 1.82) is 0 Å². The Morgan fingerprint density at radius 2 is 1.89 bits per heavy atom. The molecule has 2 atom stereocenters. The lowest BCUT2D eigenvalue weighted by atomic mass is 10.2. The highest BCUT2D eigenvalue weighted by Crippen LogP contribution is 2.20. The van der Waals surface area contributed by atoms with Crippen molar-refractivity contribution in [2.75, 3.05) is 0 Å². The zero-order chi connectivity index (χ0) is 14.4. The van der Waals surface area contributed by atoms with Crippen LogP contribution in [0.1, 0.15) is 19.4 Å². The van der Waals surface area contributed by atoms with Crippen molar-refractivity contribution < 1.29 is 14.3 Å². The van der Waals surface area contributed by atoms with Crippen molar-refractivity contribution >= 4 is 39.6 Å². The highest BCUT2D eigenvalue weighted by Gasteiger charge is 2.20. The number of hydrogen-bond acceptors (Lipinski definition) is 4. The molecule has 0 saturated heterocycles. The smallest absolute Gasteiger partial charge is 0.319 e. The third-order valence-corrected chi connectivity index (χ3v) is 4.16. The largest absolute Gasteiger partial charge is 0.452 e. The summed E-state index contributed by atoms with van der Waals surface area (Å²) in [5, 5.41) is -0.342. The van der Waals surface area contributed by atoms with Crippen molar-refractivity contribution in [2.45, 2.75) is 31.0 Å². The van der Waals surface area contributed by atoms with Crippen molar-refractivity contribution in [3.63, 3.8) is 0 Å². The normalized spacial score (nSPS) is 13.6. The van der Waals surface area contributed by atoms with Gasteiger partial charge in [0.2, 0.25) is 0 Å². The minimum Gasteiger partial charge on any atom is -0.452 e. The van der Waals surface area contributed by atoms with Crippen LogP contribution in [0.5, 0.6) is 0 Å². The first-order valence-electron chi connectivity index (χ1n) is 5.76. The van der Waals surface area contributed by atoms with Gasteiger partial charge in [0.25, 0.3) is 5.91 Å². The van der Waals surface area contributed by atoms with Crippen LogP contribution in [0.4, 0.5) is 0 Å². The second kappa shape index (κ2) is 7.55. The second-order valence-corrected chi connectivity index (χ2v) is 6.31. The molecule has 0 saturated carbocycles. The number of ether oxygens (including phenoxy) is 1. The first-order valence-corrected chi connectivity index (χ1v) is 7.60. The lowest BCUT2D eigenvalue weighted by molar-refractivity contribution is -0.152. The van der Waals surface area contributed by atoms with Gasteiger partial charge in [-0.05, 0) is 31.5 Å². The van der Waals surface area contributed by atoms with Crippen molar-refractivity contribution in [1.82, 2.24) is 0 Å². The van der Waals surface area contributed by atoms with Gasteiger partial charge >= 0.3 is 5.97 Å². The molecule has 1 aromatic carbocycles. The molecule has 0 aliphatic heterocycles. The van der Waals surface area contributed by atoms with Gasteiger partial charge in [-0.2, -0.15) is 0 Å². The predicted octanol–water partition coefficient (Wildman–Crippen LogP) is 2.49. The molecule has 104 valence electrons. The zero-order valence-electron chi connectivity index (χ0n) is 10.8. The molecule has 6 heteroatoms. The Balaban J connectivity index is 2.42. The maximum absolute atomic E-state index is 11.7. The number of thioether (sulfide) groups is 1. The van der Waals surface area contributed by atoms with Crippen LogP contribution in [0.25, 0.3) is 0 Å². The van der Waals surface area contributed by atoms with Crippen LogP contribution in [-0.4, -0.2) is 23.2 Å². The Morgan fingerprint density at radius 1 is 1.32 bits per heavy atom. The van der Waals surface area contributed by atoms with Crippen LogP contribution in [0.15, 0.2) is 28.7 Å². The van der Waals surface area contributed by atoms with Crippen LogP contribution in [0.3, 0.4) is 0 Å². The molecule has 0 aromatic heterocycles. The van der Waals surface area contributed by atoms with E-state index in [0.29, 0.717) is 5.75 Å². The molecule has 0 bridgehead atoms. The van der Waals surface area contributed by atoms with E-state index in [4.69, 9.17) is 10.5 Å². The number of nitrogens with two attached hydrogens (primary N) is 1. The molecule has 2 N–H and O–H groups in total. The number of rotatable bonds is 6. The first kappa shape index (κ1) is 16.0. The number of esters is 1. The summed E-state index contributed by atoms with van der Waals surface area (Å²) in [5.41, 5.74) is 6.16. The van der Waals surface area contributed by atoms with E-state index in [9.17, 15) is 9.59 Å². The third-order valence-electron chi connectivity index (χ3n) is 2.44. The van der Waals surface area contributed by atoms with E-state index in [2.05, 4.69) is 15.9 Å². The number of amides is 1. The Labute approximate surface area is 125 Å².